The molecule has 2 nitrogen and oxygen atoms in total. The van der Waals surface area contributed by atoms with Gasteiger partial charge in [-0.15, -0.1) is 0 Å². The Morgan fingerprint density at radius 3 is 2.67 bits per heavy atom. The number of carbonyl (C=O) groups is 1. The monoisotopic (exact) mass is 169 g/mol. The highest BCUT2D eigenvalue weighted by Crippen LogP contribution is 1.97. The van der Waals surface area contributed by atoms with E-state index in [4.69, 9.17) is 0 Å². The van der Waals surface area contributed by atoms with E-state index in [1.807, 2.05) is 26.8 Å². The smallest absolute Gasteiger partial charge is 0.220 e. The molecule has 0 saturated carbocycles. The first-order chi connectivity index (χ1) is 5.66. The fourth-order valence-electron chi connectivity index (χ4n) is 0.905. The number of nitrogens with one attached hydrogen (secondary N) is 1. The zero-order chi connectivity index (χ0) is 9.40. The standard InChI is InChI=1S/C10H19NO/c1-4-5-6-7-11-10(12)8-9(2)3/h4-5,9H,6-8H2,1-3H3,(H,11,12)/b5-4+. The van der Waals surface area contributed by atoms with Crippen LogP contribution in [0.15, 0.2) is 12.2 Å². The third kappa shape index (κ3) is 7.32. The van der Waals surface area contributed by atoms with Crippen LogP contribution < -0.4 is 5.32 Å². The van der Waals surface area contributed by atoms with Crippen molar-refractivity contribution in [3.63, 3.8) is 0 Å². The molecule has 0 saturated heterocycles. The molecule has 70 valence electrons. The predicted molar refractivity (Wildman–Crippen MR) is 51.9 cm³/mol. The van der Waals surface area contributed by atoms with E-state index in [-0.39, 0.29) is 5.91 Å². The number of rotatable bonds is 5. The first-order valence-electron chi connectivity index (χ1n) is 4.54. The summed E-state index contributed by atoms with van der Waals surface area (Å²) in [6.45, 7) is 6.84. The van der Waals surface area contributed by atoms with Crippen LogP contribution >= 0.6 is 0 Å². The highest BCUT2D eigenvalue weighted by molar-refractivity contribution is 5.75. The molecule has 1 amide bonds. The predicted octanol–water partition coefficient (Wildman–Crippen LogP) is 2.11. The third-order valence-corrected chi connectivity index (χ3v) is 1.46. The Kier molecular flexibility index (Phi) is 6.44. The zero-order valence-electron chi connectivity index (χ0n) is 8.26. The van der Waals surface area contributed by atoms with E-state index in [2.05, 4.69) is 11.4 Å². The minimum absolute atomic E-state index is 0.162. The molecule has 0 aromatic carbocycles. The highest BCUT2D eigenvalue weighted by atomic mass is 16.1. The summed E-state index contributed by atoms with van der Waals surface area (Å²) in [4.78, 5) is 11.1. The zero-order valence-corrected chi connectivity index (χ0v) is 8.26. The molecule has 0 aliphatic heterocycles. The molecule has 0 heterocycles. The Labute approximate surface area is 75.0 Å². The van der Waals surface area contributed by atoms with Crippen molar-refractivity contribution in [1.82, 2.24) is 5.32 Å². The summed E-state index contributed by atoms with van der Waals surface area (Å²) in [6.07, 6.45) is 5.61. The second-order valence-electron chi connectivity index (χ2n) is 3.31. The van der Waals surface area contributed by atoms with Gasteiger partial charge in [-0.1, -0.05) is 26.0 Å². The topological polar surface area (TPSA) is 29.1 Å². The minimum Gasteiger partial charge on any atom is -0.356 e. The maximum absolute atomic E-state index is 11.1. The normalized spacial score (nSPS) is 11.0. The molecule has 12 heavy (non-hydrogen) atoms. The van der Waals surface area contributed by atoms with E-state index in [9.17, 15) is 4.79 Å². The van der Waals surface area contributed by atoms with Crippen molar-refractivity contribution < 1.29 is 4.79 Å². The van der Waals surface area contributed by atoms with E-state index in [1.165, 1.54) is 0 Å². The van der Waals surface area contributed by atoms with Crippen LogP contribution in [0, 0.1) is 5.92 Å². The minimum atomic E-state index is 0.162. The summed E-state index contributed by atoms with van der Waals surface area (Å²) < 4.78 is 0. The lowest BCUT2D eigenvalue weighted by atomic mass is 10.1. The van der Waals surface area contributed by atoms with Gasteiger partial charge in [-0.3, -0.25) is 4.79 Å². The van der Waals surface area contributed by atoms with Gasteiger partial charge in [0, 0.05) is 13.0 Å². The van der Waals surface area contributed by atoms with E-state index in [1.54, 1.807) is 0 Å². The number of amides is 1. The van der Waals surface area contributed by atoms with E-state index < -0.39 is 0 Å². The molecule has 0 aromatic rings. The van der Waals surface area contributed by atoms with Crippen LogP contribution in [0.1, 0.15) is 33.6 Å². The van der Waals surface area contributed by atoms with Gasteiger partial charge in [0.2, 0.25) is 5.91 Å². The van der Waals surface area contributed by atoms with Crippen LogP contribution in [0.4, 0.5) is 0 Å². The molecule has 0 atom stereocenters. The Bertz CT molecular complexity index is 150. The lowest BCUT2D eigenvalue weighted by Gasteiger charge is -2.04. The van der Waals surface area contributed by atoms with Crippen LogP contribution in [-0.2, 0) is 4.79 Å². The second-order valence-corrected chi connectivity index (χ2v) is 3.31. The molecule has 0 unspecified atom stereocenters. The van der Waals surface area contributed by atoms with Crippen molar-refractivity contribution in [3.8, 4) is 0 Å². The Morgan fingerprint density at radius 2 is 2.17 bits per heavy atom. The fraction of sp³-hybridized carbons (Fsp3) is 0.700. The molecule has 0 bridgehead atoms. The molecule has 0 spiro atoms. The van der Waals surface area contributed by atoms with Crippen LogP contribution in [-0.4, -0.2) is 12.5 Å². The lowest BCUT2D eigenvalue weighted by molar-refractivity contribution is -0.121. The van der Waals surface area contributed by atoms with Gasteiger partial charge in [-0.2, -0.15) is 0 Å². The Morgan fingerprint density at radius 1 is 1.50 bits per heavy atom. The van der Waals surface area contributed by atoms with Crippen LogP contribution in [0.2, 0.25) is 0 Å². The average molecular weight is 169 g/mol. The molecular formula is C10H19NO. The number of carbonyl (C=O) groups excluding carboxylic acids is 1. The van der Waals surface area contributed by atoms with Gasteiger partial charge in [0.25, 0.3) is 0 Å². The summed E-state index contributed by atoms with van der Waals surface area (Å²) >= 11 is 0. The first-order valence-corrected chi connectivity index (χ1v) is 4.54. The van der Waals surface area contributed by atoms with Crippen molar-refractivity contribution in [2.75, 3.05) is 6.54 Å². The van der Waals surface area contributed by atoms with Gasteiger partial charge in [0.15, 0.2) is 0 Å². The molecule has 0 aliphatic rings. The maximum Gasteiger partial charge on any atom is 0.220 e. The van der Waals surface area contributed by atoms with E-state index in [0.29, 0.717) is 12.3 Å². The van der Waals surface area contributed by atoms with Gasteiger partial charge >= 0.3 is 0 Å². The average Bonchev–Trinajstić information content (AvgIpc) is 1.97. The maximum atomic E-state index is 11.1. The number of hydrogen-bond donors (Lipinski definition) is 1. The summed E-state index contributed by atoms with van der Waals surface area (Å²) in [6, 6.07) is 0. The van der Waals surface area contributed by atoms with E-state index in [0.717, 1.165) is 13.0 Å². The molecule has 2 heteroatoms. The summed E-state index contributed by atoms with van der Waals surface area (Å²) in [7, 11) is 0. The van der Waals surface area contributed by atoms with Crippen molar-refractivity contribution >= 4 is 5.91 Å². The summed E-state index contributed by atoms with van der Waals surface area (Å²) in [5.41, 5.74) is 0. The largest absolute Gasteiger partial charge is 0.356 e. The number of allylic oxidation sites excluding steroid dienone is 1. The SMILES string of the molecule is C/C=C/CCNC(=O)CC(C)C. The quantitative estimate of drug-likeness (QED) is 0.495. The molecule has 1 N–H and O–H groups in total. The van der Waals surface area contributed by atoms with Gasteiger partial charge in [-0.25, -0.2) is 0 Å². The summed E-state index contributed by atoms with van der Waals surface area (Å²) in [5.74, 6) is 0.612. The fourth-order valence-corrected chi connectivity index (χ4v) is 0.905. The van der Waals surface area contributed by atoms with Crippen molar-refractivity contribution in [1.29, 1.82) is 0 Å². The van der Waals surface area contributed by atoms with Gasteiger partial charge < -0.3 is 5.32 Å². The van der Waals surface area contributed by atoms with E-state index >= 15 is 0 Å². The van der Waals surface area contributed by atoms with Crippen LogP contribution in [0.25, 0.3) is 0 Å². The third-order valence-electron chi connectivity index (χ3n) is 1.46. The summed E-state index contributed by atoms with van der Waals surface area (Å²) in [5, 5.41) is 2.86. The molecular weight excluding hydrogens is 150 g/mol. The Hall–Kier alpha value is -0.790. The molecule has 0 fully saturated rings. The van der Waals surface area contributed by atoms with Crippen molar-refractivity contribution in [2.45, 2.75) is 33.6 Å². The van der Waals surface area contributed by atoms with Gasteiger partial charge in [0.1, 0.15) is 0 Å². The van der Waals surface area contributed by atoms with Crippen molar-refractivity contribution in [3.05, 3.63) is 12.2 Å². The van der Waals surface area contributed by atoms with Crippen LogP contribution in [0.3, 0.4) is 0 Å². The first kappa shape index (κ1) is 11.2. The highest BCUT2D eigenvalue weighted by Gasteiger charge is 2.01. The lowest BCUT2D eigenvalue weighted by Crippen LogP contribution is -2.25. The van der Waals surface area contributed by atoms with Crippen molar-refractivity contribution in [2.24, 2.45) is 5.92 Å². The second kappa shape index (κ2) is 6.89. The van der Waals surface area contributed by atoms with Gasteiger partial charge in [0.05, 0.1) is 0 Å². The molecule has 0 rings (SSSR count). The number of hydrogen-bond acceptors (Lipinski definition) is 1. The van der Waals surface area contributed by atoms with Gasteiger partial charge in [-0.05, 0) is 19.3 Å². The molecule has 0 radical (unpaired) electrons. The van der Waals surface area contributed by atoms with Crippen LogP contribution in [0.5, 0.6) is 0 Å². The molecule has 0 aliphatic carbocycles. The Balaban J connectivity index is 3.32. The molecule has 0 aromatic heterocycles.